The molecule has 2 saturated carbocycles. The first-order chi connectivity index (χ1) is 10.2. The predicted molar refractivity (Wildman–Crippen MR) is 82.1 cm³/mol. The molecule has 4 heteroatoms. The van der Waals surface area contributed by atoms with Crippen molar-refractivity contribution in [2.45, 2.75) is 51.0 Å². The lowest BCUT2D eigenvalue weighted by Crippen LogP contribution is -2.26. The van der Waals surface area contributed by atoms with Crippen molar-refractivity contribution < 1.29 is 9.59 Å². The van der Waals surface area contributed by atoms with E-state index in [1.807, 2.05) is 12.1 Å². The van der Waals surface area contributed by atoms with E-state index in [1.54, 1.807) is 12.1 Å². The highest BCUT2D eigenvalue weighted by molar-refractivity contribution is 5.97. The summed E-state index contributed by atoms with van der Waals surface area (Å²) < 4.78 is 0. The fourth-order valence-corrected chi connectivity index (χ4v) is 2.84. The van der Waals surface area contributed by atoms with Crippen LogP contribution in [0.15, 0.2) is 24.3 Å². The van der Waals surface area contributed by atoms with Gasteiger partial charge in [-0.1, -0.05) is 25.3 Å². The Labute approximate surface area is 125 Å². The normalized spacial score (nSPS) is 19.0. The molecule has 0 aromatic heterocycles. The third-order valence-corrected chi connectivity index (χ3v) is 4.28. The van der Waals surface area contributed by atoms with Gasteiger partial charge in [-0.25, -0.2) is 0 Å². The van der Waals surface area contributed by atoms with Gasteiger partial charge in [0.15, 0.2) is 0 Å². The first-order valence-electron chi connectivity index (χ1n) is 7.94. The van der Waals surface area contributed by atoms with Gasteiger partial charge in [-0.15, -0.1) is 0 Å². The molecule has 0 heterocycles. The van der Waals surface area contributed by atoms with Crippen LogP contribution in [0.25, 0.3) is 0 Å². The molecule has 0 spiro atoms. The molecule has 0 atom stereocenters. The largest absolute Gasteiger partial charge is 0.349 e. The standard InChI is InChI=1S/C17H22N2O2/c20-16(12-5-2-1-3-6-12)19-15-8-4-7-13(11-15)17(21)18-14-9-10-14/h4,7-8,11-12,14H,1-3,5-6,9-10H2,(H,18,21)(H,19,20). The summed E-state index contributed by atoms with van der Waals surface area (Å²) in [5, 5.41) is 5.92. The van der Waals surface area contributed by atoms with E-state index in [1.165, 1.54) is 6.42 Å². The molecule has 0 radical (unpaired) electrons. The Morgan fingerprint density at radius 3 is 2.48 bits per heavy atom. The molecule has 2 aliphatic rings. The summed E-state index contributed by atoms with van der Waals surface area (Å²) >= 11 is 0. The Morgan fingerprint density at radius 1 is 1.00 bits per heavy atom. The van der Waals surface area contributed by atoms with E-state index >= 15 is 0 Å². The van der Waals surface area contributed by atoms with Crippen molar-refractivity contribution in [2.24, 2.45) is 5.92 Å². The van der Waals surface area contributed by atoms with E-state index in [4.69, 9.17) is 0 Å². The summed E-state index contributed by atoms with van der Waals surface area (Å²) in [6.45, 7) is 0. The zero-order chi connectivity index (χ0) is 14.7. The lowest BCUT2D eigenvalue weighted by Gasteiger charge is -2.20. The number of benzene rings is 1. The number of carbonyl (C=O) groups excluding carboxylic acids is 2. The number of amides is 2. The van der Waals surface area contributed by atoms with Crippen molar-refractivity contribution in [2.75, 3.05) is 5.32 Å². The number of rotatable bonds is 4. The van der Waals surface area contributed by atoms with Gasteiger partial charge < -0.3 is 10.6 Å². The van der Waals surface area contributed by atoms with Crippen LogP contribution in [-0.4, -0.2) is 17.9 Å². The zero-order valence-corrected chi connectivity index (χ0v) is 12.2. The number of nitrogens with one attached hydrogen (secondary N) is 2. The Hall–Kier alpha value is -1.84. The van der Waals surface area contributed by atoms with Gasteiger partial charge in [0.2, 0.25) is 5.91 Å². The SMILES string of the molecule is O=C(NC1CC1)c1cccc(NC(=O)C2CCCCC2)c1. The van der Waals surface area contributed by atoms with E-state index in [0.29, 0.717) is 17.3 Å². The maximum atomic E-state index is 12.2. The van der Waals surface area contributed by atoms with Crippen LogP contribution in [-0.2, 0) is 4.79 Å². The van der Waals surface area contributed by atoms with Gasteiger partial charge in [-0.05, 0) is 43.9 Å². The van der Waals surface area contributed by atoms with Gasteiger partial charge in [-0.2, -0.15) is 0 Å². The molecule has 2 fully saturated rings. The van der Waals surface area contributed by atoms with Crippen LogP contribution in [0.1, 0.15) is 55.3 Å². The average molecular weight is 286 g/mol. The van der Waals surface area contributed by atoms with E-state index in [9.17, 15) is 9.59 Å². The van der Waals surface area contributed by atoms with Crippen LogP contribution in [0, 0.1) is 5.92 Å². The lowest BCUT2D eigenvalue weighted by molar-refractivity contribution is -0.120. The maximum Gasteiger partial charge on any atom is 0.251 e. The number of anilines is 1. The molecule has 1 aromatic rings. The van der Waals surface area contributed by atoms with E-state index < -0.39 is 0 Å². The van der Waals surface area contributed by atoms with Crippen molar-refractivity contribution in [3.63, 3.8) is 0 Å². The van der Waals surface area contributed by atoms with Gasteiger partial charge in [0.1, 0.15) is 0 Å². The summed E-state index contributed by atoms with van der Waals surface area (Å²) in [6.07, 6.45) is 7.62. The lowest BCUT2D eigenvalue weighted by atomic mass is 9.88. The highest BCUT2D eigenvalue weighted by Gasteiger charge is 2.24. The Bertz CT molecular complexity index is 531. The van der Waals surface area contributed by atoms with Crippen LogP contribution in [0.2, 0.25) is 0 Å². The molecule has 4 nitrogen and oxygen atoms in total. The van der Waals surface area contributed by atoms with Crippen molar-refractivity contribution in [3.8, 4) is 0 Å². The van der Waals surface area contributed by atoms with Gasteiger partial charge in [0.05, 0.1) is 0 Å². The first-order valence-corrected chi connectivity index (χ1v) is 7.94. The molecule has 2 N–H and O–H groups in total. The maximum absolute atomic E-state index is 12.2. The smallest absolute Gasteiger partial charge is 0.251 e. The van der Waals surface area contributed by atoms with Crippen LogP contribution in [0.3, 0.4) is 0 Å². The van der Waals surface area contributed by atoms with Gasteiger partial charge in [0, 0.05) is 23.2 Å². The molecule has 2 aliphatic carbocycles. The molecule has 0 saturated heterocycles. The van der Waals surface area contributed by atoms with E-state index in [0.717, 1.165) is 38.5 Å². The third kappa shape index (κ3) is 3.84. The summed E-state index contributed by atoms with van der Waals surface area (Å²) in [5.41, 5.74) is 1.33. The summed E-state index contributed by atoms with van der Waals surface area (Å²) in [7, 11) is 0. The second kappa shape index (κ2) is 6.29. The van der Waals surface area contributed by atoms with E-state index in [-0.39, 0.29) is 17.7 Å². The molecule has 112 valence electrons. The molecule has 2 amide bonds. The molecular formula is C17H22N2O2. The van der Waals surface area contributed by atoms with Gasteiger partial charge in [0.25, 0.3) is 5.91 Å². The fraction of sp³-hybridized carbons (Fsp3) is 0.529. The first kappa shape index (κ1) is 14.1. The molecule has 0 unspecified atom stereocenters. The monoisotopic (exact) mass is 286 g/mol. The average Bonchev–Trinajstić information content (AvgIpc) is 3.32. The number of hydrogen-bond acceptors (Lipinski definition) is 2. The number of carbonyl (C=O) groups is 2. The predicted octanol–water partition coefficient (Wildman–Crippen LogP) is 3.10. The van der Waals surface area contributed by atoms with Crippen molar-refractivity contribution in [1.29, 1.82) is 0 Å². The van der Waals surface area contributed by atoms with Crippen LogP contribution in [0.4, 0.5) is 5.69 Å². The van der Waals surface area contributed by atoms with Crippen molar-refractivity contribution >= 4 is 17.5 Å². The molecular weight excluding hydrogens is 264 g/mol. The molecule has 21 heavy (non-hydrogen) atoms. The van der Waals surface area contributed by atoms with Crippen LogP contribution < -0.4 is 10.6 Å². The minimum atomic E-state index is -0.0498. The quantitative estimate of drug-likeness (QED) is 0.893. The molecule has 1 aromatic carbocycles. The highest BCUT2D eigenvalue weighted by atomic mass is 16.2. The van der Waals surface area contributed by atoms with Gasteiger partial charge >= 0.3 is 0 Å². The zero-order valence-electron chi connectivity index (χ0n) is 12.2. The topological polar surface area (TPSA) is 58.2 Å². The van der Waals surface area contributed by atoms with Gasteiger partial charge in [-0.3, -0.25) is 9.59 Å². The summed E-state index contributed by atoms with van der Waals surface area (Å²) in [6, 6.07) is 7.55. The van der Waals surface area contributed by atoms with Crippen LogP contribution >= 0.6 is 0 Å². The minimum absolute atomic E-state index is 0.0498. The second-order valence-electron chi connectivity index (χ2n) is 6.15. The van der Waals surface area contributed by atoms with E-state index in [2.05, 4.69) is 10.6 Å². The Morgan fingerprint density at radius 2 is 1.76 bits per heavy atom. The summed E-state index contributed by atoms with van der Waals surface area (Å²) in [4.78, 5) is 24.2. The minimum Gasteiger partial charge on any atom is -0.349 e. The van der Waals surface area contributed by atoms with Crippen molar-refractivity contribution in [3.05, 3.63) is 29.8 Å². The second-order valence-corrected chi connectivity index (χ2v) is 6.15. The Kier molecular flexibility index (Phi) is 4.23. The fourth-order valence-electron chi connectivity index (χ4n) is 2.84. The third-order valence-electron chi connectivity index (χ3n) is 4.28. The highest BCUT2D eigenvalue weighted by Crippen LogP contribution is 2.25. The molecule has 0 bridgehead atoms. The number of hydrogen-bond donors (Lipinski definition) is 2. The summed E-state index contributed by atoms with van der Waals surface area (Å²) in [5.74, 6) is 0.170. The Balaban J connectivity index is 1.61. The molecule has 0 aliphatic heterocycles. The van der Waals surface area contributed by atoms with Crippen molar-refractivity contribution in [1.82, 2.24) is 5.32 Å². The van der Waals surface area contributed by atoms with Crippen LogP contribution in [0.5, 0.6) is 0 Å². The molecule has 3 rings (SSSR count).